The molecule has 0 atom stereocenters. The van der Waals surface area contributed by atoms with Crippen LogP contribution in [0.4, 0.5) is 0 Å². The Morgan fingerprint density at radius 2 is 0.810 bits per heavy atom. The van der Waals surface area contributed by atoms with E-state index in [1.54, 1.807) is 0 Å². The highest BCUT2D eigenvalue weighted by molar-refractivity contribution is 6.34. The molecule has 0 heterocycles. The Labute approximate surface area is 246 Å². The van der Waals surface area contributed by atoms with Crippen LogP contribution in [0.25, 0.3) is 65.3 Å². The lowest BCUT2D eigenvalue weighted by atomic mass is 9.84. The molecule has 0 aliphatic carbocycles. The van der Waals surface area contributed by atoms with Crippen LogP contribution in [0.5, 0.6) is 11.5 Å². The van der Waals surface area contributed by atoms with E-state index in [0.717, 1.165) is 11.5 Å². The van der Waals surface area contributed by atoms with Crippen LogP contribution in [0.15, 0.2) is 127 Å². The summed E-state index contributed by atoms with van der Waals surface area (Å²) in [6, 6.07) is 46.1. The van der Waals surface area contributed by atoms with E-state index >= 15 is 0 Å². The lowest BCUT2D eigenvalue weighted by Crippen LogP contribution is -1.92. The molecule has 8 aromatic carbocycles. The van der Waals surface area contributed by atoms with Crippen molar-refractivity contribution < 1.29 is 4.74 Å². The second-order valence-corrected chi connectivity index (χ2v) is 11.6. The smallest absolute Gasteiger partial charge is 0.127 e. The molecule has 200 valence electrons. The number of benzene rings is 8. The molecule has 8 aromatic rings. The number of rotatable bonds is 4. The minimum absolute atomic E-state index is 0.837. The largest absolute Gasteiger partial charge is 0.457 e. The van der Waals surface area contributed by atoms with E-state index in [4.69, 9.17) is 4.74 Å². The van der Waals surface area contributed by atoms with Gasteiger partial charge < -0.3 is 4.74 Å². The molecule has 0 aliphatic heterocycles. The van der Waals surface area contributed by atoms with E-state index in [2.05, 4.69) is 118 Å². The van der Waals surface area contributed by atoms with Crippen LogP contribution >= 0.6 is 0 Å². The van der Waals surface area contributed by atoms with Gasteiger partial charge >= 0.3 is 0 Å². The summed E-state index contributed by atoms with van der Waals surface area (Å²) in [6.45, 7) is 6.61. The van der Waals surface area contributed by atoms with Gasteiger partial charge in [0.25, 0.3) is 0 Å². The van der Waals surface area contributed by atoms with Gasteiger partial charge in [0.05, 0.1) is 0 Å². The molecule has 0 aliphatic rings. The second-order valence-electron chi connectivity index (χ2n) is 11.6. The quantitative estimate of drug-likeness (QED) is 0.160. The molecule has 0 spiro atoms. The lowest BCUT2D eigenvalue weighted by Gasteiger charge is -2.19. The summed E-state index contributed by atoms with van der Waals surface area (Å²) in [4.78, 5) is 0. The number of para-hydroxylation sites is 1. The Kier molecular flexibility index (Phi) is 5.55. The third-order valence-electron chi connectivity index (χ3n) is 8.80. The van der Waals surface area contributed by atoms with Crippen LogP contribution < -0.4 is 4.74 Å². The normalized spacial score (nSPS) is 11.7. The van der Waals surface area contributed by atoms with Crippen molar-refractivity contribution in [3.05, 3.63) is 144 Å². The first-order valence-corrected chi connectivity index (χ1v) is 14.6. The van der Waals surface area contributed by atoms with Crippen LogP contribution in [0.1, 0.15) is 16.7 Å². The summed E-state index contributed by atoms with van der Waals surface area (Å²) in [7, 11) is 0. The maximum Gasteiger partial charge on any atom is 0.127 e. The van der Waals surface area contributed by atoms with E-state index in [1.165, 1.54) is 82.0 Å². The maximum atomic E-state index is 6.06. The summed E-state index contributed by atoms with van der Waals surface area (Å²) in [5, 5.41) is 10.6. The van der Waals surface area contributed by atoms with E-state index in [1.807, 2.05) is 30.3 Å². The van der Waals surface area contributed by atoms with E-state index in [9.17, 15) is 0 Å². The average Bonchev–Trinajstić information content (AvgIpc) is 3.02. The Hall–Kier alpha value is -5.14. The number of hydrogen-bond acceptors (Lipinski definition) is 1. The molecule has 42 heavy (non-hydrogen) atoms. The Bertz CT molecular complexity index is 2260. The number of fused-ring (bicyclic) bond motifs is 2. The van der Waals surface area contributed by atoms with Crippen LogP contribution in [0.2, 0.25) is 0 Å². The molecular weight excluding hydrogens is 508 g/mol. The van der Waals surface area contributed by atoms with Crippen LogP contribution in [-0.2, 0) is 0 Å². The van der Waals surface area contributed by atoms with Gasteiger partial charge in [-0.05, 0) is 146 Å². The van der Waals surface area contributed by atoms with Gasteiger partial charge in [0, 0.05) is 0 Å². The van der Waals surface area contributed by atoms with Crippen molar-refractivity contribution in [2.45, 2.75) is 20.8 Å². The molecule has 0 saturated heterocycles. The lowest BCUT2D eigenvalue weighted by molar-refractivity contribution is 0.483. The minimum atomic E-state index is 0.837. The van der Waals surface area contributed by atoms with Crippen LogP contribution in [0.3, 0.4) is 0 Å². The number of aryl methyl sites for hydroxylation is 3. The second kappa shape index (κ2) is 9.46. The predicted octanol–water partition coefficient (Wildman–Crippen LogP) is 11.8. The molecule has 0 amide bonds. The van der Waals surface area contributed by atoms with Gasteiger partial charge in [-0.2, -0.15) is 0 Å². The van der Waals surface area contributed by atoms with Gasteiger partial charge in [-0.25, -0.2) is 0 Å². The summed E-state index contributed by atoms with van der Waals surface area (Å²) in [5.41, 5.74) is 8.81. The monoisotopic (exact) mass is 538 g/mol. The third kappa shape index (κ3) is 3.93. The molecule has 0 N–H and O–H groups in total. The Morgan fingerprint density at radius 1 is 0.357 bits per heavy atom. The molecule has 0 saturated carbocycles. The fraction of sp³-hybridized carbons (Fsp3) is 0.0732. The van der Waals surface area contributed by atoms with Crippen LogP contribution in [0, 0.1) is 20.8 Å². The van der Waals surface area contributed by atoms with E-state index in [0.29, 0.717) is 0 Å². The van der Waals surface area contributed by atoms with Crippen molar-refractivity contribution in [2.75, 3.05) is 0 Å². The Balaban J connectivity index is 1.36. The van der Waals surface area contributed by atoms with Crippen molar-refractivity contribution >= 4 is 43.1 Å². The third-order valence-corrected chi connectivity index (χ3v) is 8.80. The Morgan fingerprint density at radius 3 is 1.33 bits per heavy atom. The first kappa shape index (κ1) is 24.6. The van der Waals surface area contributed by atoms with Gasteiger partial charge in [-0.3, -0.25) is 0 Å². The first-order valence-electron chi connectivity index (χ1n) is 14.6. The highest BCUT2D eigenvalue weighted by Crippen LogP contribution is 2.45. The molecule has 0 aromatic heterocycles. The van der Waals surface area contributed by atoms with Gasteiger partial charge in [0.2, 0.25) is 0 Å². The zero-order chi connectivity index (χ0) is 28.4. The SMILES string of the molecule is Cc1ccc(-c2cc3c(C)ccc4c5cc(-c6ccc(Oc7ccccc7)cc6)cc6c(C)ccc(c(c2)c34)c65)cc1. The van der Waals surface area contributed by atoms with Gasteiger partial charge in [-0.1, -0.05) is 84.4 Å². The highest BCUT2D eigenvalue weighted by Gasteiger charge is 2.18. The topological polar surface area (TPSA) is 9.23 Å². The van der Waals surface area contributed by atoms with Gasteiger partial charge in [0.15, 0.2) is 0 Å². The van der Waals surface area contributed by atoms with Gasteiger partial charge in [0.1, 0.15) is 11.5 Å². The summed E-state index contributed by atoms with van der Waals surface area (Å²) in [6.07, 6.45) is 0. The number of hydrogen-bond donors (Lipinski definition) is 0. The van der Waals surface area contributed by atoms with Crippen molar-refractivity contribution in [2.24, 2.45) is 0 Å². The molecule has 0 bridgehead atoms. The highest BCUT2D eigenvalue weighted by atomic mass is 16.5. The van der Waals surface area contributed by atoms with Crippen LogP contribution in [-0.4, -0.2) is 0 Å². The zero-order valence-electron chi connectivity index (χ0n) is 24.0. The molecule has 0 unspecified atom stereocenters. The molecule has 0 radical (unpaired) electrons. The zero-order valence-corrected chi connectivity index (χ0v) is 24.0. The maximum absolute atomic E-state index is 6.06. The van der Waals surface area contributed by atoms with Crippen molar-refractivity contribution in [3.63, 3.8) is 0 Å². The van der Waals surface area contributed by atoms with Crippen molar-refractivity contribution in [3.8, 4) is 33.8 Å². The summed E-state index contributed by atoms with van der Waals surface area (Å²) >= 11 is 0. The molecule has 0 fully saturated rings. The van der Waals surface area contributed by atoms with E-state index < -0.39 is 0 Å². The summed E-state index contributed by atoms with van der Waals surface area (Å²) < 4.78 is 6.06. The fourth-order valence-electron chi connectivity index (χ4n) is 6.54. The summed E-state index contributed by atoms with van der Waals surface area (Å²) in [5.74, 6) is 1.68. The minimum Gasteiger partial charge on any atom is -0.457 e. The average molecular weight is 539 g/mol. The molecule has 8 rings (SSSR count). The van der Waals surface area contributed by atoms with Crippen molar-refractivity contribution in [1.29, 1.82) is 0 Å². The molecule has 1 heteroatoms. The molecular formula is C41H30O. The predicted molar refractivity (Wildman–Crippen MR) is 179 cm³/mol. The first-order chi connectivity index (χ1) is 20.5. The fourth-order valence-corrected chi connectivity index (χ4v) is 6.54. The standard InChI is InChI=1S/C41H30O/c1-25-9-13-28(14-10-25)30-21-36-26(2)11-20-35-39-24-31(29-15-17-33(18-16-29)42-32-7-5-4-6-8-32)22-37-27(3)12-19-34(41(37)39)38(23-30)40(35)36/h4-24H,1-3H3. The molecule has 1 nitrogen and oxygen atoms in total. The van der Waals surface area contributed by atoms with E-state index in [-0.39, 0.29) is 0 Å². The number of ether oxygens (including phenoxy) is 1. The van der Waals surface area contributed by atoms with Crippen molar-refractivity contribution in [1.82, 2.24) is 0 Å². The van der Waals surface area contributed by atoms with Gasteiger partial charge in [-0.15, -0.1) is 0 Å².